The summed E-state index contributed by atoms with van der Waals surface area (Å²) in [6.07, 6.45) is 0. The van der Waals surface area contributed by atoms with Crippen molar-refractivity contribution in [2.75, 3.05) is 13.2 Å². The SMILES string of the molecule is Cc1cc(C(=O)NCc2ccc3c(c2)OCCO3)c(C)n1-c1ccccc1. The van der Waals surface area contributed by atoms with Gasteiger partial charge >= 0.3 is 0 Å². The third-order valence-electron chi connectivity index (χ3n) is 4.75. The molecule has 138 valence electrons. The second-order valence-electron chi connectivity index (χ2n) is 6.62. The third kappa shape index (κ3) is 3.40. The summed E-state index contributed by atoms with van der Waals surface area (Å²) in [4.78, 5) is 12.7. The summed E-state index contributed by atoms with van der Waals surface area (Å²) in [7, 11) is 0. The Labute approximate surface area is 158 Å². The number of ether oxygens (including phenoxy) is 2. The zero-order valence-corrected chi connectivity index (χ0v) is 15.5. The van der Waals surface area contributed by atoms with Crippen LogP contribution in [-0.2, 0) is 6.54 Å². The van der Waals surface area contributed by atoms with Crippen LogP contribution in [0.25, 0.3) is 5.69 Å². The third-order valence-corrected chi connectivity index (χ3v) is 4.75. The van der Waals surface area contributed by atoms with Crippen molar-refractivity contribution >= 4 is 5.91 Å². The van der Waals surface area contributed by atoms with Crippen molar-refractivity contribution in [1.82, 2.24) is 9.88 Å². The molecule has 0 radical (unpaired) electrons. The number of hydrogen-bond acceptors (Lipinski definition) is 3. The Morgan fingerprint density at radius 3 is 2.52 bits per heavy atom. The molecule has 4 rings (SSSR count). The molecular formula is C22H22N2O3. The van der Waals surface area contributed by atoms with Crippen LogP contribution in [0.3, 0.4) is 0 Å². The molecule has 0 atom stereocenters. The van der Waals surface area contributed by atoms with Crippen molar-refractivity contribution in [1.29, 1.82) is 0 Å². The van der Waals surface area contributed by atoms with E-state index in [2.05, 4.69) is 9.88 Å². The van der Waals surface area contributed by atoms with Gasteiger partial charge in [0.2, 0.25) is 0 Å². The number of hydrogen-bond donors (Lipinski definition) is 1. The Kier molecular flexibility index (Phi) is 4.59. The molecule has 0 unspecified atom stereocenters. The highest BCUT2D eigenvalue weighted by molar-refractivity contribution is 5.95. The van der Waals surface area contributed by atoms with Crippen LogP contribution < -0.4 is 14.8 Å². The summed E-state index contributed by atoms with van der Waals surface area (Å²) in [6, 6.07) is 17.7. The van der Waals surface area contributed by atoms with Crippen molar-refractivity contribution in [2.24, 2.45) is 0 Å². The van der Waals surface area contributed by atoms with Crippen molar-refractivity contribution in [3.8, 4) is 17.2 Å². The van der Waals surface area contributed by atoms with Crippen LogP contribution >= 0.6 is 0 Å². The largest absolute Gasteiger partial charge is 0.486 e. The van der Waals surface area contributed by atoms with E-state index in [0.29, 0.717) is 25.3 Å². The van der Waals surface area contributed by atoms with Crippen LogP contribution in [0.5, 0.6) is 11.5 Å². The number of aryl methyl sites for hydroxylation is 1. The molecule has 0 bridgehead atoms. The van der Waals surface area contributed by atoms with Gasteiger partial charge in [0.25, 0.3) is 5.91 Å². The molecule has 0 spiro atoms. The summed E-state index contributed by atoms with van der Waals surface area (Å²) in [5.41, 5.74) is 4.68. The number of para-hydroxylation sites is 1. The summed E-state index contributed by atoms with van der Waals surface area (Å²) < 4.78 is 13.2. The Morgan fingerprint density at radius 1 is 1.00 bits per heavy atom. The van der Waals surface area contributed by atoms with E-state index >= 15 is 0 Å². The number of aromatic nitrogens is 1. The number of carbonyl (C=O) groups is 1. The number of fused-ring (bicyclic) bond motifs is 1. The maximum atomic E-state index is 12.7. The molecule has 0 saturated carbocycles. The summed E-state index contributed by atoms with van der Waals surface area (Å²) in [5.74, 6) is 1.40. The van der Waals surface area contributed by atoms with Crippen molar-refractivity contribution < 1.29 is 14.3 Å². The van der Waals surface area contributed by atoms with Gasteiger partial charge in [-0.2, -0.15) is 0 Å². The zero-order chi connectivity index (χ0) is 18.8. The molecule has 0 fully saturated rings. The van der Waals surface area contributed by atoms with E-state index in [1.807, 2.05) is 68.4 Å². The molecule has 3 aromatic rings. The van der Waals surface area contributed by atoms with Gasteiger partial charge in [-0.05, 0) is 49.7 Å². The van der Waals surface area contributed by atoms with Crippen LogP contribution in [-0.4, -0.2) is 23.7 Å². The van der Waals surface area contributed by atoms with Crippen molar-refractivity contribution in [3.63, 3.8) is 0 Å². The van der Waals surface area contributed by atoms with Gasteiger partial charge in [0.05, 0.1) is 5.56 Å². The van der Waals surface area contributed by atoms with Crippen LogP contribution in [0.2, 0.25) is 0 Å². The predicted molar refractivity (Wildman–Crippen MR) is 104 cm³/mol. The molecule has 1 amide bonds. The lowest BCUT2D eigenvalue weighted by Crippen LogP contribution is -2.23. The molecular weight excluding hydrogens is 340 g/mol. The number of amides is 1. The minimum absolute atomic E-state index is 0.0832. The standard InChI is InChI=1S/C22H22N2O3/c1-15-12-19(16(2)24(15)18-6-4-3-5-7-18)22(25)23-14-17-8-9-20-21(13-17)27-11-10-26-20/h3-9,12-13H,10-11,14H2,1-2H3,(H,23,25). The van der Waals surface area contributed by atoms with Gasteiger partial charge in [0, 0.05) is 23.6 Å². The molecule has 0 aliphatic carbocycles. The second-order valence-corrected chi connectivity index (χ2v) is 6.62. The second kappa shape index (κ2) is 7.19. The fourth-order valence-electron chi connectivity index (χ4n) is 3.44. The van der Waals surface area contributed by atoms with Crippen molar-refractivity contribution in [2.45, 2.75) is 20.4 Å². The summed E-state index contributed by atoms with van der Waals surface area (Å²) in [5, 5.41) is 3.01. The maximum absolute atomic E-state index is 12.7. The highest BCUT2D eigenvalue weighted by atomic mass is 16.6. The first-order valence-corrected chi connectivity index (χ1v) is 9.04. The van der Waals surface area contributed by atoms with E-state index < -0.39 is 0 Å². The van der Waals surface area contributed by atoms with Crippen LogP contribution in [0.15, 0.2) is 54.6 Å². The Bertz CT molecular complexity index is 977. The fourth-order valence-corrected chi connectivity index (χ4v) is 3.44. The molecule has 1 aromatic heterocycles. The highest BCUT2D eigenvalue weighted by Crippen LogP contribution is 2.30. The monoisotopic (exact) mass is 362 g/mol. The lowest BCUT2D eigenvalue weighted by molar-refractivity contribution is 0.0950. The normalized spacial score (nSPS) is 12.7. The van der Waals surface area contributed by atoms with Gasteiger partial charge in [-0.15, -0.1) is 0 Å². The Morgan fingerprint density at radius 2 is 1.74 bits per heavy atom. The van der Waals surface area contributed by atoms with Gasteiger partial charge in [0.15, 0.2) is 11.5 Å². The molecule has 2 heterocycles. The lowest BCUT2D eigenvalue weighted by atomic mass is 10.1. The van der Waals surface area contributed by atoms with Crippen molar-refractivity contribution in [3.05, 3.63) is 77.1 Å². The quantitative estimate of drug-likeness (QED) is 0.768. The van der Waals surface area contributed by atoms with E-state index in [-0.39, 0.29) is 5.91 Å². The molecule has 1 aliphatic rings. The van der Waals surface area contributed by atoms with Gasteiger partial charge in [-0.1, -0.05) is 24.3 Å². The first-order valence-electron chi connectivity index (χ1n) is 9.04. The molecule has 5 heteroatoms. The van der Waals surface area contributed by atoms with E-state index in [1.165, 1.54) is 0 Å². The van der Waals surface area contributed by atoms with E-state index in [4.69, 9.17) is 9.47 Å². The average molecular weight is 362 g/mol. The molecule has 5 nitrogen and oxygen atoms in total. The minimum Gasteiger partial charge on any atom is -0.486 e. The number of carbonyl (C=O) groups excluding carboxylic acids is 1. The number of nitrogens with zero attached hydrogens (tertiary/aromatic N) is 1. The topological polar surface area (TPSA) is 52.5 Å². The van der Waals surface area contributed by atoms with Crippen LogP contribution in [0, 0.1) is 13.8 Å². The predicted octanol–water partition coefficient (Wildman–Crippen LogP) is 3.80. The lowest BCUT2D eigenvalue weighted by Gasteiger charge is -2.19. The first kappa shape index (κ1) is 17.2. The van der Waals surface area contributed by atoms with Crippen LogP contribution in [0.4, 0.5) is 0 Å². The first-order chi connectivity index (χ1) is 13.1. The fraction of sp³-hybridized carbons (Fsp3) is 0.227. The molecule has 27 heavy (non-hydrogen) atoms. The summed E-state index contributed by atoms with van der Waals surface area (Å²) >= 11 is 0. The number of benzene rings is 2. The van der Waals surface area contributed by atoms with Gasteiger partial charge in [0.1, 0.15) is 13.2 Å². The minimum atomic E-state index is -0.0832. The van der Waals surface area contributed by atoms with E-state index in [9.17, 15) is 4.79 Å². The molecule has 1 aliphatic heterocycles. The van der Waals surface area contributed by atoms with Gasteiger partial charge < -0.3 is 19.4 Å². The highest BCUT2D eigenvalue weighted by Gasteiger charge is 2.17. The molecule has 1 N–H and O–H groups in total. The van der Waals surface area contributed by atoms with Crippen LogP contribution in [0.1, 0.15) is 27.3 Å². The average Bonchev–Trinajstić information content (AvgIpc) is 3.01. The van der Waals surface area contributed by atoms with Gasteiger partial charge in [-0.3, -0.25) is 4.79 Å². The number of rotatable bonds is 4. The zero-order valence-electron chi connectivity index (χ0n) is 15.5. The molecule has 0 saturated heterocycles. The van der Waals surface area contributed by atoms with E-state index in [0.717, 1.165) is 34.1 Å². The van der Waals surface area contributed by atoms with E-state index in [1.54, 1.807) is 0 Å². The smallest absolute Gasteiger partial charge is 0.253 e. The Hall–Kier alpha value is -3.21. The summed E-state index contributed by atoms with van der Waals surface area (Å²) in [6.45, 7) is 5.54. The maximum Gasteiger partial charge on any atom is 0.253 e. The Balaban J connectivity index is 1.51. The van der Waals surface area contributed by atoms with Gasteiger partial charge in [-0.25, -0.2) is 0 Å². The molecule has 2 aromatic carbocycles. The number of nitrogens with one attached hydrogen (secondary N) is 1.